The van der Waals surface area contributed by atoms with E-state index in [4.69, 9.17) is 4.74 Å². The zero-order chi connectivity index (χ0) is 19.8. The zero-order valence-electron chi connectivity index (χ0n) is 16.9. The van der Waals surface area contributed by atoms with E-state index in [2.05, 4.69) is 27.0 Å². The van der Waals surface area contributed by atoms with Crippen LogP contribution in [0.1, 0.15) is 35.3 Å². The highest BCUT2D eigenvalue weighted by molar-refractivity contribution is 14.0. The van der Waals surface area contributed by atoms with Gasteiger partial charge in [-0.1, -0.05) is 30.3 Å². The summed E-state index contributed by atoms with van der Waals surface area (Å²) in [5.41, 5.74) is 2.97. The summed E-state index contributed by atoms with van der Waals surface area (Å²) < 4.78 is 5.97. The number of benzene rings is 2. The fourth-order valence-corrected chi connectivity index (χ4v) is 3.11. The molecule has 0 saturated heterocycles. The topological polar surface area (TPSA) is 74.8 Å². The van der Waals surface area contributed by atoms with Crippen molar-refractivity contribution in [2.24, 2.45) is 4.99 Å². The second-order valence-corrected chi connectivity index (χ2v) is 6.68. The van der Waals surface area contributed by atoms with Crippen molar-refractivity contribution >= 4 is 35.8 Å². The van der Waals surface area contributed by atoms with E-state index in [0.29, 0.717) is 25.2 Å². The number of nitrogens with zero attached hydrogens (tertiary/aromatic N) is 1. The molecule has 1 atom stereocenters. The van der Waals surface area contributed by atoms with E-state index >= 15 is 0 Å². The second-order valence-electron chi connectivity index (χ2n) is 6.68. The average molecular weight is 508 g/mol. The number of guanidine groups is 1. The third-order valence-corrected chi connectivity index (χ3v) is 4.53. The van der Waals surface area contributed by atoms with Crippen LogP contribution in [0.3, 0.4) is 0 Å². The Morgan fingerprint density at radius 1 is 1.03 bits per heavy atom. The minimum Gasteiger partial charge on any atom is -0.488 e. The lowest BCUT2D eigenvalue weighted by Crippen LogP contribution is -2.42. The molecule has 0 aromatic heterocycles. The van der Waals surface area contributed by atoms with Gasteiger partial charge in [0.05, 0.1) is 13.1 Å². The number of hydrogen-bond donors (Lipinski definition) is 3. The lowest BCUT2D eigenvalue weighted by atomic mass is 10.1. The van der Waals surface area contributed by atoms with Gasteiger partial charge in [-0.25, -0.2) is 4.99 Å². The molecule has 3 rings (SSSR count). The molecular formula is C22H29IN4O2. The molecule has 7 heteroatoms. The van der Waals surface area contributed by atoms with Crippen LogP contribution in [0.2, 0.25) is 0 Å². The molecular weight excluding hydrogens is 479 g/mol. The lowest BCUT2D eigenvalue weighted by Gasteiger charge is -2.15. The third kappa shape index (κ3) is 6.62. The van der Waals surface area contributed by atoms with Crippen LogP contribution in [-0.2, 0) is 13.0 Å². The Kier molecular flexibility index (Phi) is 9.24. The van der Waals surface area contributed by atoms with Gasteiger partial charge in [0.25, 0.3) is 5.91 Å². The fourth-order valence-electron chi connectivity index (χ4n) is 3.11. The number of carbonyl (C=O) groups excluding carboxylic acids is 1. The maximum Gasteiger partial charge on any atom is 0.251 e. The normalized spacial score (nSPS) is 15.0. The van der Waals surface area contributed by atoms with Gasteiger partial charge < -0.3 is 20.7 Å². The molecule has 0 aliphatic carbocycles. The standard InChI is InChI=1S/C22H28N4O2.HI/c1-3-23-21(27)17-11-9-16(10-12-17)14-25-22(24-4-2)26-15-19-13-18-7-5-6-8-20(18)28-19;/h5-12,19H,3-4,13-15H2,1-2H3,(H,23,27)(H2,24,25,26);1H. The minimum absolute atomic E-state index is 0. The predicted octanol–water partition coefficient (Wildman–Crippen LogP) is 3.11. The van der Waals surface area contributed by atoms with Gasteiger partial charge in [0.2, 0.25) is 0 Å². The molecule has 0 spiro atoms. The van der Waals surface area contributed by atoms with Crippen LogP contribution >= 0.6 is 24.0 Å². The summed E-state index contributed by atoms with van der Waals surface area (Å²) >= 11 is 0. The van der Waals surface area contributed by atoms with Crippen LogP contribution in [0.15, 0.2) is 53.5 Å². The molecule has 0 fully saturated rings. The van der Waals surface area contributed by atoms with Gasteiger partial charge in [0, 0.05) is 25.1 Å². The van der Waals surface area contributed by atoms with E-state index in [1.165, 1.54) is 5.56 Å². The van der Waals surface area contributed by atoms with Crippen LogP contribution in [0.4, 0.5) is 0 Å². The molecule has 1 aliphatic rings. The van der Waals surface area contributed by atoms with Crippen molar-refractivity contribution in [2.75, 3.05) is 19.6 Å². The molecule has 1 unspecified atom stereocenters. The number of halogens is 1. The molecule has 29 heavy (non-hydrogen) atoms. The molecule has 1 aliphatic heterocycles. The summed E-state index contributed by atoms with van der Waals surface area (Å²) in [5, 5.41) is 9.43. The summed E-state index contributed by atoms with van der Waals surface area (Å²) in [6.07, 6.45) is 1.02. The quantitative estimate of drug-likeness (QED) is 0.305. The Labute approximate surface area is 189 Å². The van der Waals surface area contributed by atoms with E-state index in [1.807, 2.05) is 56.3 Å². The molecule has 0 radical (unpaired) electrons. The Morgan fingerprint density at radius 2 is 1.76 bits per heavy atom. The SMILES string of the molecule is CCNC(=O)c1ccc(CN=C(NCC)NCC2Cc3ccccc3O2)cc1.I. The number of carbonyl (C=O) groups is 1. The number of nitrogens with one attached hydrogen (secondary N) is 3. The molecule has 6 nitrogen and oxygen atoms in total. The Bertz CT molecular complexity index is 799. The van der Waals surface area contributed by atoms with E-state index in [9.17, 15) is 4.79 Å². The van der Waals surface area contributed by atoms with Gasteiger partial charge in [-0.05, 0) is 43.2 Å². The van der Waals surface area contributed by atoms with Crippen molar-refractivity contribution in [2.45, 2.75) is 32.9 Å². The minimum atomic E-state index is -0.0508. The van der Waals surface area contributed by atoms with E-state index in [1.54, 1.807) is 0 Å². The monoisotopic (exact) mass is 508 g/mol. The molecule has 3 N–H and O–H groups in total. The average Bonchev–Trinajstić information content (AvgIpc) is 3.13. The van der Waals surface area contributed by atoms with Crippen LogP contribution in [0.5, 0.6) is 5.75 Å². The second kappa shape index (κ2) is 11.6. The summed E-state index contributed by atoms with van der Waals surface area (Å²) in [6.45, 7) is 6.59. The highest BCUT2D eigenvalue weighted by Gasteiger charge is 2.22. The number of para-hydroxylation sites is 1. The first-order valence-electron chi connectivity index (χ1n) is 9.83. The zero-order valence-corrected chi connectivity index (χ0v) is 19.2. The number of amides is 1. The van der Waals surface area contributed by atoms with Crippen molar-refractivity contribution in [3.63, 3.8) is 0 Å². The van der Waals surface area contributed by atoms with Crippen molar-refractivity contribution < 1.29 is 9.53 Å². The van der Waals surface area contributed by atoms with Crippen LogP contribution in [0, 0.1) is 0 Å². The van der Waals surface area contributed by atoms with E-state index in [0.717, 1.165) is 30.2 Å². The number of aliphatic imine (C=N–C) groups is 1. The fraction of sp³-hybridized carbons (Fsp3) is 0.364. The molecule has 0 saturated carbocycles. The molecule has 2 aromatic carbocycles. The van der Waals surface area contributed by atoms with Crippen LogP contribution in [-0.4, -0.2) is 37.6 Å². The van der Waals surface area contributed by atoms with Gasteiger partial charge in [-0.15, -0.1) is 24.0 Å². The largest absolute Gasteiger partial charge is 0.488 e. The van der Waals surface area contributed by atoms with Gasteiger partial charge in [0.15, 0.2) is 5.96 Å². The van der Waals surface area contributed by atoms with Crippen molar-refractivity contribution in [1.29, 1.82) is 0 Å². The Morgan fingerprint density at radius 3 is 2.45 bits per heavy atom. The van der Waals surface area contributed by atoms with E-state index in [-0.39, 0.29) is 36.0 Å². The van der Waals surface area contributed by atoms with Crippen molar-refractivity contribution in [3.8, 4) is 5.75 Å². The van der Waals surface area contributed by atoms with Gasteiger partial charge in [-0.2, -0.15) is 0 Å². The number of hydrogen-bond acceptors (Lipinski definition) is 3. The van der Waals surface area contributed by atoms with E-state index < -0.39 is 0 Å². The molecule has 1 amide bonds. The van der Waals surface area contributed by atoms with Gasteiger partial charge in [0.1, 0.15) is 11.9 Å². The van der Waals surface area contributed by atoms with Crippen LogP contribution in [0.25, 0.3) is 0 Å². The van der Waals surface area contributed by atoms with Crippen molar-refractivity contribution in [1.82, 2.24) is 16.0 Å². The molecule has 0 bridgehead atoms. The van der Waals surface area contributed by atoms with Crippen LogP contribution < -0.4 is 20.7 Å². The number of fused-ring (bicyclic) bond motifs is 1. The smallest absolute Gasteiger partial charge is 0.251 e. The first-order chi connectivity index (χ1) is 13.7. The molecule has 156 valence electrons. The Hall–Kier alpha value is -2.29. The summed E-state index contributed by atoms with van der Waals surface area (Å²) in [6, 6.07) is 15.7. The third-order valence-electron chi connectivity index (χ3n) is 4.53. The lowest BCUT2D eigenvalue weighted by molar-refractivity contribution is 0.0956. The summed E-state index contributed by atoms with van der Waals surface area (Å²) in [4.78, 5) is 16.5. The van der Waals surface area contributed by atoms with Gasteiger partial charge >= 0.3 is 0 Å². The molecule has 1 heterocycles. The predicted molar refractivity (Wildman–Crippen MR) is 127 cm³/mol. The Balaban J connectivity index is 0.00000300. The number of ether oxygens (including phenoxy) is 1. The van der Waals surface area contributed by atoms with Crippen molar-refractivity contribution in [3.05, 3.63) is 65.2 Å². The first-order valence-corrected chi connectivity index (χ1v) is 9.83. The molecule has 2 aromatic rings. The highest BCUT2D eigenvalue weighted by Crippen LogP contribution is 2.27. The van der Waals surface area contributed by atoms with Gasteiger partial charge in [-0.3, -0.25) is 4.79 Å². The maximum absolute atomic E-state index is 11.8. The maximum atomic E-state index is 11.8. The first kappa shape index (κ1) is 23.0. The summed E-state index contributed by atoms with van der Waals surface area (Å²) in [5.74, 6) is 1.68. The summed E-state index contributed by atoms with van der Waals surface area (Å²) in [7, 11) is 0. The number of rotatable bonds is 7. The highest BCUT2D eigenvalue weighted by atomic mass is 127.